The van der Waals surface area contributed by atoms with Crippen LogP contribution in [0.3, 0.4) is 0 Å². The number of carbonyl (C=O) groups is 3. The fourth-order valence-electron chi connectivity index (χ4n) is 5.57. The van der Waals surface area contributed by atoms with Crippen molar-refractivity contribution < 1.29 is 18.9 Å². The van der Waals surface area contributed by atoms with Gasteiger partial charge in [0.2, 0.25) is 17.7 Å². The number of piperidine rings is 1. The van der Waals surface area contributed by atoms with Gasteiger partial charge in [-0.3, -0.25) is 19.4 Å². The van der Waals surface area contributed by atoms with Gasteiger partial charge in [0.05, 0.1) is 11.6 Å². The van der Waals surface area contributed by atoms with E-state index in [1.807, 2.05) is 34.6 Å². The molecule has 3 amide bonds. The van der Waals surface area contributed by atoms with Crippen LogP contribution >= 0.6 is 0 Å². The molecule has 0 aromatic carbocycles. The van der Waals surface area contributed by atoms with Gasteiger partial charge in [0.1, 0.15) is 18.1 Å². The number of likely N-dealkylation sites (tertiary alicyclic amines) is 1. The Labute approximate surface area is 228 Å². The third-order valence-corrected chi connectivity index (χ3v) is 7.93. The van der Waals surface area contributed by atoms with Gasteiger partial charge in [-0.15, -0.1) is 0 Å². The molecule has 1 aliphatic carbocycles. The van der Waals surface area contributed by atoms with Crippen LogP contribution in [0, 0.1) is 34.0 Å². The van der Waals surface area contributed by atoms with Gasteiger partial charge in [-0.25, -0.2) is 0 Å². The Balaban J connectivity index is 1.58. The van der Waals surface area contributed by atoms with Crippen LogP contribution < -0.4 is 10.6 Å². The minimum Gasteiger partial charge on any atom is -0.344 e. The molecule has 2 aliphatic rings. The van der Waals surface area contributed by atoms with Crippen LogP contribution in [0.4, 0.5) is 0 Å². The second-order valence-corrected chi connectivity index (χ2v) is 12.6. The highest BCUT2D eigenvalue weighted by molar-refractivity contribution is 5.94. The number of amides is 3. The number of nitriles is 1. The predicted molar refractivity (Wildman–Crippen MR) is 141 cm³/mol. The van der Waals surface area contributed by atoms with Gasteiger partial charge < -0.3 is 20.1 Å². The first-order chi connectivity index (χ1) is 18.2. The molecular formula is C28H37N7O4. The van der Waals surface area contributed by atoms with Crippen molar-refractivity contribution in [1.29, 1.82) is 5.26 Å². The predicted octanol–water partition coefficient (Wildman–Crippen LogP) is 2.97. The number of pyridine rings is 1. The summed E-state index contributed by atoms with van der Waals surface area (Å²) in [6, 6.07) is 1.27. The van der Waals surface area contributed by atoms with E-state index >= 15 is 0 Å². The summed E-state index contributed by atoms with van der Waals surface area (Å²) in [6.07, 6.45) is 3.06. The first-order valence-electron chi connectivity index (χ1n) is 13.2. The summed E-state index contributed by atoms with van der Waals surface area (Å²) >= 11 is 0. The van der Waals surface area contributed by atoms with Crippen LogP contribution in [0.5, 0.6) is 0 Å². The lowest BCUT2D eigenvalue weighted by Gasteiger charge is -2.37. The second kappa shape index (κ2) is 10.1. The average molecular weight is 536 g/mol. The van der Waals surface area contributed by atoms with Gasteiger partial charge in [-0.2, -0.15) is 10.2 Å². The number of fused-ring (bicyclic) bond motifs is 1. The van der Waals surface area contributed by atoms with E-state index < -0.39 is 29.4 Å². The van der Waals surface area contributed by atoms with Crippen molar-refractivity contribution in [3.8, 4) is 17.5 Å². The first kappa shape index (κ1) is 28.2. The summed E-state index contributed by atoms with van der Waals surface area (Å²) in [4.78, 5) is 49.6. The highest BCUT2D eigenvalue weighted by atomic mass is 16.5. The molecule has 11 heteroatoms. The number of hydrogen-bond acceptors (Lipinski definition) is 8. The zero-order chi connectivity index (χ0) is 28.9. The minimum absolute atomic E-state index is 0.0453. The van der Waals surface area contributed by atoms with E-state index in [9.17, 15) is 19.6 Å². The summed E-state index contributed by atoms with van der Waals surface area (Å²) in [5, 5.41) is 19.6. The number of nitrogens with one attached hydrogen (secondary N) is 2. The third kappa shape index (κ3) is 5.37. The number of hydrogen-bond donors (Lipinski definition) is 2. The van der Waals surface area contributed by atoms with Gasteiger partial charge in [0.15, 0.2) is 5.82 Å². The zero-order valence-corrected chi connectivity index (χ0v) is 23.8. The molecule has 2 fully saturated rings. The monoisotopic (exact) mass is 535 g/mol. The largest absolute Gasteiger partial charge is 0.344 e. The molecule has 0 spiro atoms. The van der Waals surface area contributed by atoms with Gasteiger partial charge in [0, 0.05) is 37.3 Å². The van der Waals surface area contributed by atoms with Crippen LogP contribution in [0.15, 0.2) is 23.0 Å². The molecule has 39 heavy (non-hydrogen) atoms. The van der Waals surface area contributed by atoms with Crippen molar-refractivity contribution in [2.24, 2.45) is 22.7 Å². The Morgan fingerprint density at radius 2 is 1.90 bits per heavy atom. The molecule has 0 bridgehead atoms. The Kier molecular flexibility index (Phi) is 7.27. The number of aromatic nitrogens is 3. The molecule has 5 atom stereocenters. The van der Waals surface area contributed by atoms with E-state index in [0.29, 0.717) is 23.5 Å². The van der Waals surface area contributed by atoms with E-state index in [1.54, 1.807) is 17.2 Å². The highest BCUT2D eigenvalue weighted by Crippen LogP contribution is 2.65. The van der Waals surface area contributed by atoms with Crippen LogP contribution in [0.25, 0.3) is 11.5 Å². The summed E-state index contributed by atoms with van der Waals surface area (Å²) < 4.78 is 5.36. The van der Waals surface area contributed by atoms with Gasteiger partial charge in [0.25, 0.3) is 5.89 Å². The summed E-state index contributed by atoms with van der Waals surface area (Å²) in [5.41, 5.74) is 0.323. The molecule has 1 aliphatic heterocycles. The molecule has 2 aromatic heterocycles. The molecule has 2 unspecified atom stereocenters. The molecule has 2 N–H and O–H groups in total. The van der Waals surface area contributed by atoms with Crippen molar-refractivity contribution in [2.75, 3.05) is 6.54 Å². The Bertz CT molecular complexity index is 1320. The van der Waals surface area contributed by atoms with E-state index in [1.165, 1.54) is 13.1 Å². The lowest BCUT2D eigenvalue weighted by molar-refractivity contribution is -0.145. The third-order valence-electron chi connectivity index (χ3n) is 7.93. The van der Waals surface area contributed by atoms with E-state index in [0.717, 1.165) is 0 Å². The van der Waals surface area contributed by atoms with Crippen LogP contribution in [0.1, 0.15) is 78.7 Å². The summed E-state index contributed by atoms with van der Waals surface area (Å²) in [7, 11) is 0. The summed E-state index contributed by atoms with van der Waals surface area (Å²) in [5.74, 6) is 0.0143. The molecule has 2 aromatic rings. The zero-order valence-electron chi connectivity index (χ0n) is 23.8. The quantitative estimate of drug-likeness (QED) is 0.548. The number of nitrogens with zero attached hydrogens (tertiary/aromatic N) is 5. The molecule has 4 rings (SSSR count). The van der Waals surface area contributed by atoms with Gasteiger partial charge >= 0.3 is 0 Å². The van der Waals surface area contributed by atoms with Crippen molar-refractivity contribution in [1.82, 2.24) is 30.7 Å². The van der Waals surface area contributed by atoms with Crippen molar-refractivity contribution >= 4 is 17.7 Å². The molecule has 1 saturated heterocycles. The van der Waals surface area contributed by atoms with Crippen molar-refractivity contribution in [3.05, 3.63) is 29.8 Å². The topological polar surface area (TPSA) is 154 Å². The maximum absolute atomic E-state index is 13.8. The average Bonchev–Trinajstić information content (AvgIpc) is 3.29. The van der Waals surface area contributed by atoms with Crippen LogP contribution in [0.2, 0.25) is 0 Å². The minimum atomic E-state index is -1.01. The fraction of sp³-hybridized carbons (Fsp3) is 0.607. The molecule has 3 heterocycles. The fourth-order valence-corrected chi connectivity index (χ4v) is 5.57. The van der Waals surface area contributed by atoms with Crippen LogP contribution in [-0.4, -0.2) is 56.4 Å². The maximum Gasteiger partial charge on any atom is 0.259 e. The molecule has 0 radical (unpaired) electrons. The standard InChI is InChI=1S/C28H37N7O4/c1-14(2)23-33-25(39-34-23)17-9-16(11-30-12-17)19(10-29)32-24(37)21-20-18(28(20,7)8)13-35(21)26(38)22(27(4,5)6)31-15(3)36/h9,11-12,14,18-22H,13H2,1-8H3,(H,31,36)(H,32,37)/t18-,19?,20-,21-,22?/m0/s1. The molecular weight excluding hydrogens is 498 g/mol. The maximum atomic E-state index is 13.8. The Morgan fingerprint density at radius 1 is 1.21 bits per heavy atom. The normalized spacial score (nSPS) is 23.0. The molecule has 11 nitrogen and oxygen atoms in total. The molecule has 208 valence electrons. The van der Waals surface area contributed by atoms with Gasteiger partial charge in [-0.1, -0.05) is 53.6 Å². The number of rotatable bonds is 7. The van der Waals surface area contributed by atoms with E-state index in [2.05, 4.69) is 45.7 Å². The van der Waals surface area contributed by atoms with E-state index in [4.69, 9.17) is 4.52 Å². The Hall–Kier alpha value is -3.81. The van der Waals surface area contributed by atoms with Gasteiger partial charge in [-0.05, 0) is 28.7 Å². The molecule has 1 saturated carbocycles. The Morgan fingerprint density at radius 3 is 2.46 bits per heavy atom. The smallest absolute Gasteiger partial charge is 0.259 e. The van der Waals surface area contributed by atoms with E-state index in [-0.39, 0.29) is 40.9 Å². The highest BCUT2D eigenvalue weighted by Gasteiger charge is 2.69. The lowest BCUT2D eigenvalue weighted by Crippen LogP contribution is -2.59. The van der Waals surface area contributed by atoms with Crippen LogP contribution in [-0.2, 0) is 14.4 Å². The first-order valence-corrected chi connectivity index (χ1v) is 13.2. The summed E-state index contributed by atoms with van der Waals surface area (Å²) in [6.45, 7) is 15.5. The number of carbonyl (C=O) groups excluding carboxylic acids is 3. The van der Waals surface area contributed by atoms with Crippen molar-refractivity contribution in [2.45, 2.75) is 79.4 Å². The SMILES string of the molecule is CC(=O)NC(C(=O)N1C[C@H]2[C@@H]([C@H]1C(=O)NC(C#N)c1cncc(-c3nc(C(C)C)no3)c1)C2(C)C)C(C)(C)C. The second-order valence-electron chi connectivity index (χ2n) is 12.6. The van der Waals surface area contributed by atoms with Crippen molar-refractivity contribution in [3.63, 3.8) is 0 Å². The lowest BCUT2D eigenvalue weighted by atomic mass is 9.85.